The van der Waals surface area contributed by atoms with E-state index in [0.29, 0.717) is 12.0 Å². The Morgan fingerprint density at radius 1 is 1.29 bits per heavy atom. The van der Waals surface area contributed by atoms with E-state index in [1.165, 1.54) is 5.56 Å². The van der Waals surface area contributed by atoms with Crippen LogP contribution >= 0.6 is 0 Å². The first-order valence-electron chi connectivity index (χ1n) is 6.22. The molecule has 1 aromatic rings. The number of hydrogen-bond donors (Lipinski definition) is 0. The molecule has 2 nitrogen and oxygen atoms in total. The highest BCUT2D eigenvalue weighted by atomic mass is 16.5. The molecule has 1 aromatic carbocycles. The van der Waals surface area contributed by atoms with Gasteiger partial charge in [-0.2, -0.15) is 0 Å². The van der Waals surface area contributed by atoms with E-state index in [-0.39, 0.29) is 0 Å². The van der Waals surface area contributed by atoms with Crippen LogP contribution in [-0.4, -0.2) is 26.4 Å². The van der Waals surface area contributed by atoms with Gasteiger partial charge < -0.3 is 9.47 Å². The average molecular weight is 232 g/mol. The molecule has 0 amide bonds. The summed E-state index contributed by atoms with van der Waals surface area (Å²) in [5.41, 5.74) is 1.51. The molecule has 0 unspecified atom stereocenters. The van der Waals surface area contributed by atoms with Crippen LogP contribution in [0.5, 0.6) is 0 Å². The number of benzene rings is 1. The SMILES string of the molecule is CCC1(COC/C=C/c2ccccc2)COC1. The number of hydrogen-bond acceptors (Lipinski definition) is 2. The monoisotopic (exact) mass is 232 g/mol. The smallest absolute Gasteiger partial charge is 0.0651 e. The quantitative estimate of drug-likeness (QED) is 0.701. The molecule has 1 heterocycles. The molecule has 0 saturated carbocycles. The Morgan fingerprint density at radius 3 is 2.65 bits per heavy atom. The summed E-state index contributed by atoms with van der Waals surface area (Å²) in [5, 5.41) is 0. The molecule has 1 aliphatic rings. The van der Waals surface area contributed by atoms with Crippen LogP contribution in [0.15, 0.2) is 36.4 Å². The van der Waals surface area contributed by atoms with E-state index in [0.717, 1.165) is 26.2 Å². The second-order valence-electron chi connectivity index (χ2n) is 4.67. The van der Waals surface area contributed by atoms with Gasteiger partial charge in [0.25, 0.3) is 0 Å². The molecular formula is C15H20O2. The fourth-order valence-electron chi connectivity index (χ4n) is 1.87. The maximum atomic E-state index is 5.69. The normalized spacial score (nSPS) is 18.2. The van der Waals surface area contributed by atoms with E-state index in [9.17, 15) is 0 Å². The van der Waals surface area contributed by atoms with Gasteiger partial charge in [-0.15, -0.1) is 0 Å². The molecular weight excluding hydrogens is 212 g/mol. The van der Waals surface area contributed by atoms with Crippen LogP contribution in [0, 0.1) is 5.41 Å². The summed E-state index contributed by atoms with van der Waals surface area (Å²) in [6.07, 6.45) is 5.30. The van der Waals surface area contributed by atoms with E-state index in [1.807, 2.05) is 18.2 Å². The first-order chi connectivity index (χ1) is 8.35. The molecule has 0 spiro atoms. The van der Waals surface area contributed by atoms with Crippen molar-refractivity contribution < 1.29 is 9.47 Å². The predicted molar refractivity (Wildman–Crippen MR) is 69.8 cm³/mol. The summed E-state index contributed by atoms with van der Waals surface area (Å²) in [7, 11) is 0. The Balaban J connectivity index is 1.68. The van der Waals surface area contributed by atoms with Gasteiger partial charge in [0.05, 0.1) is 26.4 Å². The zero-order valence-electron chi connectivity index (χ0n) is 10.4. The fraction of sp³-hybridized carbons (Fsp3) is 0.467. The Labute approximate surface area is 103 Å². The summed E-state index contributed by atoms with van der Waals surface area (Å²) < 4.78 is 10.9. The van der Waals surface area contributed by atoms with Gasteiger partial charge in [-0.3, -0.25) is 0 Å². The Morgan fingerprint density at radius 2 is 2.06 bits per heavy atom. The van der Waals surface area contributed by atoms with Gasteiger partial charge in [0, 0.05) is 5.41 Å². The molecule has 1 aliphatic heterocycles. The summed E-state index contributed by atoms with van der Waals surface area (Å²) in [4.78, 5) is 0. The van der Waals surface area contributed by atoms with Crippen molar-refractivity contribution in [3.63, 3.8) is 0 Å². The summed E-state index contributed by atoms with van der Waals surface area (Å²) in [6.45, 7) is 5.39. The van der Waals surface area contributed by atoms with Crippen LogP contribution in [0.1, 0.15) is 18.9 Å². The van der Waals surface area contributed by atoms with Gasteiger partial charge in [0.1, 0.15) is 0 Å². The minimum absolute atomic E-state index is 0.292. The standard InChI is InChI=1S/C15H20O2/c1-2-15(12-17-13-15)11-16-10-6-9-14-7-4-3-5-8-14/h3-9H,2,10-13H2,1H3/b9-6+. The minimum atomic E-state index is 0.292. The highest BCUT2D eigenvalue weighted by Gasteiger charge is 2.36. The lowest BCUT2D eigenvalue weighted by Crippen LogP contribution is -2.45. The van der Waals surface area contributed by atoms with Crippen molar-refractivity contribution in [3.05, 3.63) is 42.0 Å². The molecule has 0 N–H and O–H groups in total. The van der Waals surface area contributed by atoms with E-state index in [1.54, 1.807) is 0 Å². The lowest BCUT2D eigenvalue weighted by Gasteiger charge is -2.40. The van der Waals surface area contributed by atoms with Gasteiger partial charge in [0.15, 0.2) is 0 Å². The second kappa shape index (κ2) is 5.99. The van der Waals surface area contributed by atoms with Gasteiger partial charge in [-0.1, -0.05) is 49.4 Å². The highest BCUT2D eigenvalue weighted by Crippen LogP contribution is 2.31. The zero-order valence-corrected chi connectivity index (χ0v) is 10.4. The molecule has 0 radical (unpaired) electrons. The third-order valence-corrected chi connectivity index (χ3v) is 3.30. The Hall–Kier alpha value is -1.12. The second-order valence-corrected chi connectivity index (χ2v) is 4.67. The molecule has 0 atom stereocenters. The van der Waals surface area contributed by atoms with E-state index < -0.39 is 0 Å². The summed E-state index contributed by atoms with van der Waals surface area (Å²) >= 11 is 0. The molecule has 1 fully saturated rings. The third kappa shape index (κ3) is 3.42. The zero-order chi connectivity index (χ0) is 12.0. The molecule has 2 rings (SSSR count). The van der Waals surface area contributed by atoms with Crippen LogP contribution in [0.3, 0.4) is 0 Å². The minimum Gasteiger partial charge on any atom is -0.380 e. The first kappa shape index (κ1) is 12.3. The maximum absolute atomic E-state index is 5.69. The van der Waals surface area contributed by atoms with Crippen LogP contribution < -0.4 is 0 Å². The topological polar surface area (TPSA) is 18.5 Å². The van der Waals surface area contributed by atoms with E-state index in [2.05, 4.69) is 31.2 Å². The molecule has 0 aromatic heterocycles. The maximum Gasteiger partial charge on any atom is 0.0651 e. The predicted octanol–water partition coefficient (Wildman–Crippen LogP) is 3.14. The fourth-order valence-corrected chi connectivity index (χ4v) is 1.87. The molecule has 0 aliphatic carbocycles. The highest BCUT2D eigenvalue weighted by molar-refractivity contribution is 5.48. The van der Waals surface area contributed by atoms with Gasteiger partial charge in [-0.05, 0) is 12.0 Å². The van der Waals surface area contributed by atoms with Crippen LogP contribution in [-0.2, 0) is 9.47 Å². The van der Waals surface area contributed by atoms with Crippen molar-refractivity contribution in [2.45, 2.75) is 13.3 Å². The van der Waals surface area contributed by atoms with E-state index >= 15 is 0 Å². The average Bonchev–Trinajstić information content (AvgIpc) is 2.33. The van der Waals surface area contributed by atoms with Gasteiger partial charge in [-0.25, -0.2) is 0 Å². The van der Waals surface area contributed by atoms with Gasteiger partial charge in [0.2, 0.25) is 0 Å². The van der Waals surface area contributed by atoms with Crippen LogP contribution in [0.4, 0.5) is 0 Å². The Bertz CT molecular complexity index is 347. The molecule has 0 bridgehead atoms. The Kier molecular flexibility index (Phi) is 4.35. The first-order valence-corrected chi connectivity index (χ1v) is 6.22. The summed E-state index contributed by atoms with van der Waals surface area (Å²) in [5.74, 6) is 0. The van der Waals surface area contributed by atoms with Gasteiger partial charge >= 0.3 is 0 Å². The lowest BCUT2D eigenvalue weighted by molar-refractivity contribution is -0.147. The molecule has 1 saturated heterocycles. The van der Waals surface area contributed by atoms with Crippen LogP contribution in [0.2, 0.25) is 0 Å². The third-order valence-electron chi connectivity index (χ3n) is 3.30. The van der Waals surface area contributed by atoms with Crippen molar-refractivity contribution in [2.24, 2.45) is 5.41 Å². The summed E-state index contributed by atoms with van der Waals surface area (Å²) in [6, 6.07) is 10.3. The number of rotatable bonds is 6. The molecule has 92 valence electrons. The van der Waals surface area contributed by atoms with Crippen LogP contribution in [0.25, 0.3) is 6.08 Å². The molecule has 2 heteroatoms. The van der Waals surface area contributed by atoms with E-state index in [4.69, 9.17) is 9.47 Å². The number of ether oxygens (including phenoxy) is 2. The van der Waals surface area contributed by atoms with Crippen molar-refractivity contribution in [3.8, 4) is 0 Å². The van der Waals surface area contributed by atoms with Crippen molar-refractivity contribution in [1.82, 2.24) is 0 Å². The molecule has 17 heavy (non-hydrogen) atoms. The lowest BCUT2D eigenvalue weighted by atomic mass is 9.84. The van der Waals surface area contributed by atoms with Crippen molar-refractivity contribution >= 4 is 6.08 Å². The van der Waals surface area contributed by atoms with Crippen molar-refractivity contribution in [2.75, 3.05) is 26.4 Å². The van der Waals surface area contributed by atoms with Crippen molar-refractivity contribution in [1.29, 1.82) is 0 Å². The largest absolute Gasteiger partial charge is 0.380 e.